The molecule has 3 rings (SSSR count). The van der Waals surface area contributed by atoms with E-state index in [4.69, 9.17) is 17.0 Å². The highest BCUT2D eigenvalue weighted by molar-refractivity contribution is 7.71. The zero-order valence-electron chi connectivity index (χ0n) is 10.1. The molecule has 2 N–H and O–H groups in total. The second kappa shape index (κ2) is 4.95. The number of hydrogen-bond acceptors (Lipinski definition) is 3. The van der Waals surface area contributed by atoms with Crippen LogP contribution in [0.5, 0.6) is 0 Å². The number of aromatic amines is 1. The highest BCUT2D eigenvalue weighted by atomic mass is 32.1. The van der Waals surface area contributed by atoms with Crippen molar-refractivity contribution in [2.24, 2.45) is 0 Å². The van der Waals surface area contributed by atoms with E-state index < -0.39 is 0 Å². The van der Waals surface area contributed by atoms with Gasteiger partial charge in [-0.3, -0.25) is 4.79 Å². The summed E-state index contributed by atoms with van der Waals surface area (Å²) in [5.74, 6) is -0.208. The van der Waals surface area contributed by atoms with Gasteiger partial charge in [-0.1, -0.05) is 18.3 Å². The molecule has 2 heterocycles. The van der Waals surface area contributed by atoms with Gasteiger partial charge in [-0.05, 0) is 35.4 Å². The van der Waals surface area contributed by atoms with E-state index in [-0.39, 0.29) is 5.91 Å². The third-order valence-corrected chi connectivity index (χ3v) is 3.38. The number of anilines is 1. The molecule has 1 aliphatic heterocycles. The fourth-order valence-corrected chi connectivity index (χ4v) is 2.28. The van der Waals surface area contributed by atoms with Gasteiger partial charge in [0.1, 0.15) is 4.64 Å². The Morgan fingerprint density at radius 2 is 2.11 bits per heavy atom. The molecule has 19 heavy (non-hydrogen) atoms. The maximum absolute atomic E-state index is 12.1. The van der Waals surface area contributed by atoms with Gasteiger partial charge in [-0.25, -0.2) is 0 Å². The van der Waals surface area contributed by atoms with Crippen LogP contribution in [0.25, 0.3) is 0 Å². The summed E-state index contributed by atoms with van der Waals surface area (Å²) in [6.45, 7) is 1.25. The molecule has 0 atom stereocenters. The second-order valence-electron chi connectivity index (χ2n) is 4.34. The first kappa shape index (κ1) is 12.1. The summed E-state index contributed by atoms with van der Waals surface area (Å²) in [7, 11) is 0. The van der Waals surface area contributed by atoms with Gasteiger partial charge >= 0.3 is 0 Å². The third kappa shape index (κ3) is 2.43. The number of amides is 1. The number of pyridine rings is 1. The highest BCUT2D eigenvalue weighted by Crippen LogP contribution is 2.23. The van der Waals surface area contributed by atoms with E-state index in [1.165, 1.54) is 5.56 Å². The molecule has 0 bridgehead atoms. The van der Waals surface area contributed by atoms with E-state index in [1.54, 1.807) is 18.3 Å². The average Bonchev–Trinajstić information content (AvgIpc) is 2.86. The minimum atomic E-state index is -0.208. The lowest BCUT2D eigenvalue weighted by Crippen LogP contribution is -2.13. The summed E-state index contributed by atoms with van der Waals surface area (Å²) in [6.07, 6.45) is 1.70. The molecule has 0 fully saturated rings. The van der Waals surface area contributed by atoms with Gasteiger partial charge in [-0.2, -0.15) is 0 Å². The topological polar surface area (TPSA) is 54.1 Å². The van der Waals surface area contributed by atoms with Crippen molar-refractivity contribution in [3.05, 3.63) is 57.9 Å². The molecule has 0 saturated carbocycles. The Labute approximate surface area is 115 Å². The molecule has 0 saturated heterocycles. The Hall–Kier alpha value is -1.98. The van der Waals surface area contributed by atoms with Crippen LogP contribution in [-0.2, 0) is 18.0 Å². The molecule has 0 aliphatic carbocycles. The zero-order chi connectivity index (χ0) is 13.2. The molecular weight excluding hydrogens is 260 g/mol. The summed E-state index contributed by atoms with van der Waals surface area (Å²) in [6, 6.07) is 9.24. The molecule has 1 aromatic heterocycles. The summed E-state index contributed by atoms with van der Waals surface area (Å²) < 4.78 is 5.78. The van der Waals surface area contributed by atoms with Gasteiger partial charge in [0.15, 0.2) is 0 Å². The Kier molecular flexibility index (Phi) is 3.15. The zero-order valence-corrected chi connectivity index (χ0v) is 10.9. The molecule has 0 radical (unpaired) electrons. The lowest BCUT2D eigenvalue weighted by Gasteiger charge is -2.06. The monoisotopic (exact) mass is 272 g/mol. The van der Waals surface area contributed by atoms with Crippen molar-refractivity contribution in [1.82, 2.24) is 4.98 Å². The fourth-order valence-electron chi connectivity index (χ4n) is 2.05. The molecule has 96 valence electrons. The molecule has 2 aromatic rings. The molecule has 0 unspecified atom stereocenters. The van der Waals surface area contributed by atoms with Crippen molar-refractivity contribution in [1.29, 1.82) is 0 Å². The smallest absolute Gasteiger partial charge is 0.258 e. The Morgan fingerprint density at radius 3 is 2.95 bits per heavy atom. The Bertz CT molecular complexity index is 694. The maximum atomic E-state index is 12.1. The van der Waals surface area contributed by atoms with Crippen molar-refractivity contribution in [3.63, 3.8) is 0 Å². The SMILES string of the molecule is O=C(Nc1ccc2c(c1)COC2)c1ccc[nH]c1=S. The predicted octanol–water partition coefficient (Wildman–Crippen LogP) is 3.03. The molecule has 4 nitrogen and oxygen atoms in total. The lowest BCUT2D eigenvalue weighted by atomic mass is 10.1. The normalized spacial score (nSPS) is 13.1. The number of carbonyl (C=O) groups excluding carboxylic acids is 1. The summed E-state index contributed by atoms with van der Waals surface area (Å²) in [5, 5.41) is 2.85. The fraction of sp³-hybridized carbons (Fsp3) is 0.143. The van der Waals surface area contributed by atoms with Gasteiger partial charge in [0.25, 0.3) is 5.91 Å². The number of benzene rings is 1. The minimum absolute atomic E-state index is 0.208. The molecule has 1 amide bonds. The van der Waals surface area contributed by atoms with Gasteiger partial charge in [0.05, 0.1) is 18.8 Å². The number of nitrogens with one attached hydrogen (secondary N) is 2. The standard InChI is InChI=1S/C14H12N2O2S/c17-13(12-2-1-5-15-14(12)19)16-11-4-3-9-7-18-8-10(9)6-11/h1-6H,7-8H2,(H,15,19)(H,16,17). The van der Waals surface area contributed by atoms with Crippen LogP contribution in [0.1, 0.15) is 21.5 Å². The molecule has 1 aliphatic rings. The first-order chi connectivity index (χ1) is 9.24. The van der Waals surface area contributed by atoms with E-state index in [0.717, 1.165) is 11.3 Å². The number of fused-ring (bicyclic) bond motifs is 1. The van der Waals surface area contributed by atoms with Crippen LogP contribution in [0.4, 0.5) is 5.69 Å². The van der Waals surface area contributed by atoms with Crippen molar-refractivity contribution in [3.8, 4) is 0 Å². The molecular formula is C14H12N2O2S. The van der Waals surface area contributed by atoms with Crippen LogP contribution >= 0.6 is 12.2 Å². The van der Waals surface area contributed by atoms with E-state index >= 15 is 0 Å². The third-order valence-electron chi connectivity index (χ3n) is 3.04. The van der Waals surface area contributed by atoms with Crippen LogP contribution in [0, 0.1) is 4.64 Å². The van der Waals surface area contributed by atoms with Crippen LogP contribution in [0.15, 0.2) is 36.5 Å². The quantitative estimate of drug-likeness (QED) is 0.826. The largest absolute Gasteiger partial charge is 0.372 e. The highest BCUT2D eigenvalue weighted by Gasteiger charge is 2.13. The maximum Gasteiger partial charge on any atom is 0.258 e. The summed E-state index contributed by atoms with van der Waals surface area (Å²) in [5.41, 5.74) is 3.52. The lowest BCUT2D eigenvalue weighted by molar-refractivity contribution is 0.102. The summed E-state index contributed by atoms with van der Waals surface area (Å²) in [4.78, 5) is 14.9. The van der Waals surface area contributed by atoms with Crippen molar-refractivity contribution >= 4 is 23.8 Å². The van der Waals surface area contributed by atoms with Crippen molar-refractivity contribution in [2.45, 2.75) is 13.2 Å². The van der Waals surface area contributed by atoms with Crippen molar-refractivity contribution < 1.29 is 9.53 Å². The molecule has 5 heteroatoms. The van der Waals surface area contributed by atoms with Gasteiger partial charge < -0.3 is 15.0 Å². The van der Waals surface area contributed by atoms with E-state index in [9.17, 15) is 4.79 Å². The Balaban J connectivity index is 1.84. The predicted molar refractivity (Wildman–Crippen MR) is 74.5 cm³/mol. The minimum Gasteiger partial charge on any atom is -0.372 e. The number of carbonyl (C=O) groups is 1. The van der Waals surface area contributed by atoms with Gasteiger partial charge in [0.2, 0.25) is 0 Å². The average molecular weight is 272 g/mol. The van der Waals surface area contributed by atoms with E-state index in [2.05, 4.69) is 10.3 Å². The first-order valence-electron chi connectivity index (χ1n) is 5.92. The number of ether oxygens (including phenoxy) is 1. The number of rotatable bonds is 2. The number of H-pyrrole nitrogens is 1. The number of aromatic nitrogens is 1. The van der Waals surface area contributed by atoms with Crippen molar-refractivity contribution in [2.75, 3.05) is 5.32 Å². The van der Waals surface area contributed by atoms with Crippen LogP contribution in [0.3, 0.4) is 0 Å². The van der Waals surface area contributed by atoms with E-state index in [0.29, 0.717) is 23.4 Å². The summed E-state index contributed by atoms with van der Waals surface area (Å²) >= 11 is 5.09. The van der Waals surface area contributed by atoms with Gasteiger partial charge in [-0.15, -0.1) is 0 Å². The van der Waals surface area contributed by atoms with E-state index in [1.807, 2.05) is 18.2 Å². The van der Waals surface area contributed by atoms with Crippen LogP contribution in [-0.4, -0.2) is 10.9 Å². The number of hydrogen-bond donors (Lipinski definition) is 2. The second-order valence-corrected chi connectivity index (χ2v) is 4.75. The Morgan fingerprint density at radius 1 is 1.26 bits per heavy atom. The molecule has 1 aromatic carbocycles. The van der Waals surface area contributed by atoms with Crippen LogP contribution in [0.2, 0.25) is 0 Å². The van der Waals surface area contributed by atoms with Crippen LogP contribution < -0.4 is 5.32 Å². The first-order valence-corrected chi connectivity index (χ1v) is 6.33. The molecule has 0 spiro atoms. The van der Waals surface area contributed by atoms with Gasteiger partial charge in [0, 0.05) is 11.9 Å².